The predicted octanol–water partition coefficient (Wildman–Crippen LogP) is 3.04. The molecule has 1 N–H and O–H groups in total. The average Bonchev–Trinajstić information content (AvgIpc) is 2.82. The number of nitrogens with zero attached hydrogens (tertiary/aromatic N) is 3. The van der Waals surface area contributed by atoms with Gasteiger partial charge in [-0.1, -0.05) is 23.3 Å². The number of hydrogen-bond acceptors (Lipinski definition) is 2. The van der Waals surface area contributed by atoms with Crippen LogP contribution in [0.15, 0.2) is 28.9 Å². The van der Waals surface area contributed by atoms with Crippen molar-refractivity contribution in [3.63, 3.8) is 0 Å². The second-order valence-corrected chi connectivity index (χ2v) is 5.96. The highest BCUT2D eigenvalue weighted by Gasteiger charge is 2.10. The van der Waals surface area contributed by atoms with Crippen LogP contribution in [0.1, 0.15) is 18.5 Å². The summed E-state index contributed by atoms with van der Waals surface area (Å²) < 4.78 is 7.36. The molecule has 2 rings (SSSR count). The Morgan fingerprint density at radius 1 is 1.52 bits per heavy atom. The first-order chi connectivity index (χ1) is 10.6. The first kappa shape index (κ1) is 20.3. The largest absolute Gasteiger partial charge is 0.377 e. The van der Waals surface area contributed by atoms with E-state index in [1.165, 1.54) is 5.57 Å². The second-order valence-electron chi connectivity index (χ2n) is 5.53. The Balaban J connectivity index is 0.00000264. The highest BCUT2D eigenvalue weighted by molar-refractivity contribution is 14.0. The molecule has 5 nitrogen and oxygen atoms in total. The van der Waals surface area contributed by atoms with Gasteiger partial charge >= 0.3 is 0 Å². The van der Waals surface area contributed by atoms with E-state index < -0.39 is 0 Å². The van der Waals surface area contributed by atoms with E-state index >= 15 is 0 Å². The van der Waals surface area contributed by atoms with Crippen molar-refractivity contribution in [2.45, 2.75) is 19.4 Å². The van der Waals surface area contributed by atoms with E-state index in [1.807, 2.05) is 38.0 Å². The fourth-order valence-corrected chi connectivity index (χ4v) is 2.83. The molecule has 0 aliphatic carbocycles. The van der Waals surface area contributed by atoms with E-state index in [4.69, 9.17) is 16.3 Å². The molecule has 130 valence electrons. The van der Waals surface area contributed by atoms with Crippen LogP contribution in [0.4, 0.5) is 0 Å². The van der Waals surface area contributed by atoms with Crippen LogP contribution in [0.2, 0.25) is 5.02 Å². The molecule has 0 amide bonds. The lowest BCUT2D eigenvalue weighted by Gasteiger charge is -2.23. The van der Waals surface area contributed by atoms with Crippen LogP contribution in [0.25, 0.3) is 0 Å². The van der Waals surface area contributed by atoms with Gasteiger partial charge in [-0.15, -0.1) is 24.0 Å². The number of nitrogens with one attached hydrogen (secondary N) is 1. The van der Waals surface area contributed by atoms with E-state index in [9.17, 15) is 0 Å². The zero-order valence-corrected chi connectivity index (χ0v) is 17.1. The first-order valence-electron chi connectivity index (χ1n) is 7.58. The molecule has 0 fully saturated rings. The number of guanidine groups is 1. The van der Waals surface area contributed by atoms with Gasteiger partial charge in [-0.2, -0.15) is 0 Å². The van der Waals surface area contributed by atoms with E-state index in [0.29, 0.717) is 0 Å². The maximum Gasteiger partial charge on any atom is 0.193 e. The molecule has 0 unspecified atom stereocenters. The van der Waals surface area contributed by atoms with Gasteiger partial charge in [0.15, 0.2) is 5.96 Å². The van der Waals surface area contributed by atoms with Gasteiger partial charge in [-0.3, -0.25) is 4.99 Å². The highest BCUT2D eigenvalue weighted by Crippen LogP contribution is 2.14. The van der Waals surface area contributed by atoms with Gasteiger partial charge in [-0.25, -0.2) is 0 Å². The van der Waals surface area contributed by atoms with E-state index in [2.05, 4.69) is 21.3 Å². The number of rotatable bonds is 5. The molecule has 0 spiro atoms. The fraction of sp³-hybridized carbons (Fsp3) is 0.562. The quantitative estimate of drug-likeness (QED) is 0.323. The Hall–Kier alpha value is -0.730. The standard InChI is InChI=1S/C16H25ClN4O.HI/c1-18-16(19-7-4-13-5-8-22-9-6-13)21(3)12-15-10-14(17)11-20(15)2;/h5,10-11H,4,6-9,12H2,1-3H3,(H,18,19);1H. The Kier molecular flexibility index (Phi) is 9.01. The maximum absolute atomic E-state index is 6.03. The number of halogens is 2. The van der Waals surface area contributed by atoms with Crippen molar-refractivity contribution in [1.29, 1.82) is 0 Å². The number of aliphatic imine (C=N–C) groups is 1. The van der Waals surface area contributed by atoms with Crippen molar-refractivity contribution in [1.82, 2.24) is 14.8 Å². The third-order valence-corrected chi connectivity index (χ3v) is 4.04. The van der Waals surface area contributed by atoms with Crippen LogP contribution in [-0.4, -0.2) is 49.3 Å². The summed E-state index contributed by atoms with van der Waals surface area (Å²) >= 11 is 6.03. The molecule has 0 saturated carbocycles. The SMILES string of the molecule is CN=C(NCCC1=CCOCC1)N(C)Cc1cc(Cl)cn1C.I. The normalized spacial score (nSPS) is 15.0. The van der Waals surface area contributed by atoms with Crippen LogP contribution in [0.3, 0.4) is 0 Å². The van der Waals surface area contributed by atoms with E-state index in [0.717, 1.165) is 55.8 Å². The van der Waals surface area contributed by atoms with Crippen molar-refractivity contribution >= 4 is 41.5 Å². The molecular weight excluding hydrogens is 427 g/mol. The summed E-state index contributed by atoms with van der Waals surface area (Å²) in [6.45, 7) is 3.24. The molecule has 1 aromatic heterocycles. The molecule has 1 aliphatic heterocycles. The van der Waals surface area contributed by atoms with Crippen LogP contribution < -0.4 is 5.32 Å². The van der Waals surface area contributed by atoms with Gasteiger partial charge < -0.3 is 19.5 Å². The summed E-state index contributed by atoms with van der Waals surface area (Å²) in [5.41, 5.74) is 2.62. The minimum absolute atomic E-state index is 0. The van der Waals surface area contributed by atoms with E-state index in [1.54, 1.807) is 0 Å². The average molecular weight is 453 g/mol. The van der Waals surface area contributed by atoms with Crippen molar-refractivity contribution < 1.29 is 4.74 Å². The van der Waals surface area contributed by atoms with Crippen molar-refractivity contribution in [3.8, 4) is 0 Å². The molecule has 0 saturated heterocycles. The van der Waals surface area contributed by atoms with Crippen molar-refractivity contribution in [2.24, 2.45) is 12.0 Å². The van der Waals surface area contributed by atoms with Gasteiger partial charge in [0.2, 0.25) is 0 Å². The minimum atomic E-state index is 0. The zero-order valence-electron chi connectivity index (χ0n) is 14.0. The number of aryl methyl sites for hydroxylation is 1. The first-order valence-corrected chi connectivity index (χ1v) is 7.96. The zero-order chi connectivity index (χ0) is 15.9. The molecule has 7 heteroatoms. The molecule has 23 heavy (non-hydrogen) atoms. The minimum Gasteiger partial charge on any atom is -0.377 e. The van der Waals surface area contributed by atoms with Gasteiger partial charge in [0.1, 0.15) is 0 Å². The number of ether oxygens (including phenoxy) is 1. The maximum atomic E-state index is 6.03. The van der Waals surface area contributed by atoms with Crippen LogP contribution in [0, 0.1) is 0 Å². The highest BCUT2D eigenvalue weighted by atomic mass is 127. The molecule has 0 bridgehead atoms. The molecule has 2 heterocycles. The van der Waals surface area contributed by atoms with Crippen molar-refractivity contribution in [3.05, 3.63) is 34.6 Å². The number of hydrogen-bond donors (Lipinski definition) is 1. The molecule has 1 aromatic rings. The summed E-state index contributed by atoms with van der Waals surface area (Å²) in [5, 5.41) is 4.18. The lowest BCUT2D eigenvalue weighted by atomic mass is 10.1. The van der Waals surface area contributed by atoms with Crippen LogP contribution >= 0.6 is 35.6 Å². The Bertz CT molecular complexity index is 556. The summed E-state index contributed by atoms with van der Waals surface area (Å²) in [7, 11) is 5.84. The third-order valence-electron chi connectivity index (χ3n) is 3.83. The lowest BCUT2D eigenvalue weighted by Crippen LogP contribution is -2.39. The Morgan fingerprint density at radius 2 is 2.30 bits per heavy atom. The summed E-state index contributed by atoms with van der Waals surface area (Å²) in [6, 6.07) is 1.98. The molecule has 0 radical (unpaired) electrons. The van der Waals surface area contributed by atoms with Gasteiger partial charge in [-0.05, 0) is 18.9 Å². The Morgan fingerprint density at radius 3 is 2.87 bits per heavy atom. The van der Waals surface area contributed by atoms with E-state index in [-0.39, 0.29) is 24.0 Å². The summed E-state index contributed by atoms with van der Waals surface area (Å²) in [4.78, 5) is 6.45. The molecule has 0 aromatic carbocycles. The van der Waals surface area contributed by atoms with Crippen LogP contribution in [0.5, 0.6) is 0 Å². The molecule has 1 aliphatic rings. The van der Waals surface area contributed by atoms with Gasteiger partial charge in [0.05, 0.1) is 24.8 Å². The summed E-state index contributed by atoms with van der Waals surface area (Å²) in [6.07, 6.45) is 6.17. The molecular formula is C16H26ClIN4O. The van der Waals surface area contributed by atoms with Gasteiger partial charge in [0, 0.05) is 39.6 Å². The monoisotopic (exact) mass is 452 g/mol. The molecule has 0 atom stereocenters. The summed E-state index contributed by atoms with van der Waals surface area (Å²) in [5.74, 6) is 0.894. The number of aromatic nitrogens is 1. The predicted molar refractivity (Wildman–Crippen MR) is 107 cm³/mol. The Labute approximate surface area is 160 Å². The second kappa shape index (κ2) is 10.2. The van der Waals surface area contributed by atoms with Crippen molar-refractivity contribution in [2.75, 3.05) is 33.9 Å². The third kappa shape index (κ3) is 6.35. The topological polar surface area (TPSA) is 41.8 Å². The lowest BCUT2D eigenvalue weighted by molar-refractivity contribution is 0.153. The fourth-order valence-electron chi connectivity index (χ4n) is 2.55. The van der Waals surface area contributed by atoms with Gasteiger partial charge in [0.25, 0.3) is 0 Å². The smallest absolute Gasteiger partial charge is 0.193 e. The van der Waals surface area contributed by atoms with Crippen LogP contribution in [-0.2, 0) is 18.3 Å².